The molecule has 5 heteroatoms. The molecule has 110 valence electrons. The Labute approximate surface area is 118 Å². The van der Waals surface area contributed by atoms with Crippen molar-refractivity contribution < 1.29 is 19.7 Å². The molecule has 1 amide bonds. The summed E-state index contributed by atoms with van der Waals surface area (Å²) in [6, 6.07) is 4.59. The fourth-order valence-corrected chi connectivity index (χ4v) is 2.39. The van der Waals surface area contributed by atoms with Gasteiger partial charge in [0.15, 0.2) is 0 Å². The highest BCUT2D eigenvalue weighted by Gasteiger charge is 2.29. The summed E-state index contributed by atoms with van der Waals surface area (Å²) in [6.07, 6.45) is 0.495. The van der Waals surface area contributed by atoms with Gasteiger partial charge in [-0.05, 0) is 24.0 Å². The minimum absolute atomic E-state index is 0.0393. The molecular weight excluding hydrogens is 258 g/mol. The smallest absolute Gasteiger partial charge is 0.409 e. The van der Waals surface area contributed by atoms with E-state index in [-0.39, 0.29) is 23.5 Å². The molecule has 1 atom stereocenters. The zero-order chi connectivity index (χ0) is 14.7. The van der Waals surface area contributed by atoms with E-state index in [2.05, 4.69) is 0 Å². The lowest BCUT2D eigenvalue weighted by atomic mass is 9.97. The Bertz CT molecular complexity index is 487. The predicted molar refractivity (Wildman–Crippen MR) is 74.9 cm³/mol. The molecule has 1 aromatic rings. The van der Waals surface area contributed by atoms with E-state index in [0.29, 0.717) is 25.6 Å². The van der Waals surface area contributed by atoms with Gasteiger partial charge in [-0.1, -0.05) is 19.9 Å². The van der Waals surface area contributed by atoms with Gasteiger partial charge in [-0.25, -0.2) is 4.79 Å². The van der Waals surface area contributed by atoms with Gasteiger partial charge >= 0.3 is 6.09 Å². The normalized spacial score (nSPS) is 18.6. The average molecular weight is 279 g/mol. The van der Waals surface area contributed by atoms with Crippen LogP contribution in [-0.2, 0) is 4.74 Å². The van der Waals surface area contributed by atoms with Crippen LogP contribution < -0.4 is 0 Å². The molecule has 0 bridgehead atoms. The molecule has 1 unspecified atom stereocenters. The summed E-state index contributed by atoms with van der Waals surface area (Å²) < 4.78 is 5.21. The number of phenols is 2. The van der Waals surface area contributed by atoms with Crippen molar-refractivity contribution in [3.8, 4) is 11.5 Å². The van der Waals surface area contributed by atoms with Crippen molar-refractivity contribution in [2.45, 2.75) is 26.2 Å². The highest BCUT2D eigenvalue weighted by molar-refractivity contribution is 5.68. The minimum Gasteiger partial charge on any atom is -0.508 e. The van der Waals surface area contributed by atoms with Crippen molar-refractivity contribution in [2.24, 2.45) is 5.92 Å². The molecule has 1 fully saturated rings. The van der Waals surface area contributed by atoms with Crippen LogP contribution in [0.1, 0.15) is 31.7 Å². The molecule has 0 radical (unpaired) electrons. The molecule has 5 nitrogen and oxygen atoms in total. The number of hydrogen-bond acceptors (Lipinski definition) is 4. The first-order valence-electron chi connectivity index (χ1n) is 6.91. The summed E-state index contributed by atoms with van der Waals surface area (Å²) in [5.74, 6) is 0.519. The number of ether oxygens (including phenoxy) is 1. The Morgan fingerprint density at radius 3 is 2.85 bits per heavy atom. The standard InChI is InChI=1S/C15H21NO4/c1-10(2)9-20-15(19)16-6-5-11(8-16)13-4-3-12(17)7-14(13)18/h3-4,7,10-11,17-18H,5-6,8-9H2,1-2H3. The number of nitrogens with zero attached hydrogens (tertiary/aromatic N) is 1. The molecule has 0 aromatic heterocycles. The number of carbonyl (C=O) groups is 1. The monoisotopic (exact) mass is 279 g/mol. The van der Waals surface area contributed by atoms with Crippen molar-refractivity contribution >= 4 is 6.09 Å². The summed E-state index contributed by atoms with van der Waals surface area (Å²) in [4.78, 5) is 13.5. The Balaban J connectivity index is 1.96. The van der Waals surface area contributed by atoms with Crippen LogP contribution in [0.25, 0.3) is 0 Å². The Morgan fingerprint density at radius 2 is 2.20 bits per heavy atom. The maximum absolute atomic E-state index is 11.9. The zero-order valence-electron chi connectivity index (χ0n) is 11.9. The van der Waals surface area contributed by atoms with Crippen molar-refractivity contribution in [1.82, 2.24) is 4.90 Å². The van der Waals surface area contributed by atoms with E-state index >= 15 is 0 Å². The van der Waals surface area contributed by atoms with Gasteiger partial charge in [-0.2, -0.15) is 0 Å². The van der Waals surface area contributed by atoms with E-state index < -0.39 is 0 Å². The van der Waals surface area contributed by atoms with Gasteiger partial charge in [-0.3, -0.25) is 0 Å². The highest BCUT2D eigenvalue weighted by Crippen LogP contribution is 2.35. The molecule has 2 N–H and O–H groups in total. The third-order valence-corrected chi connectivity index (χ3v) is 3.44. The molecule has 1 aliphatic heterocycles. The number of aromatic hydroxyl groups is 2. The lowest BCUT2D eigenvalue weighted by Gasteiger charge is -2.17. The van der Waals surface area contributed by atoms with Crippen LogP contribution in [0, 0.1) is 5.92 Å². The summed E-state index contributed by atoms with van der Waals surface area (Å²) >= 11 is 0. The van der Waals surface area contributed by atoms with Crippen LogP contribution >= 0.6 is 0 Å². The van der Waals surface area contributed by atoms with E-state index in [9.17, 15) is 15.0 Å². The maximum atomic E-state index is 11.9. The first-order chi connectivity index (χ1) is 9.47. The van der Waals surface area contributed by atoms with Crippen LogP contribution in [0.4, 0.5) is 4.79 Å². The first kappa shape index (κ1) is 14.5. The fourth-order valence-electron chi connectivity index (χ4n) is 2.39. The second-order valence-corrected chi connectivity index (χ2v) is 5.65. The predicted octanol–water partition coefficient (Wildman–Crippen LogP) is 2.68. The van der Waals surface area contributed by atoms with Gasteiger partial charge in [0.05, 0.1) is 6.61 Å². The van der Waals surface area contributed by atoms with Gasteiger partial charge in [0.1, 0.15) is 11.5 Å². The van der Waals surface area contributed by atoms with E-state index in [1.165, 1.54) is 6.07 Å². The number of likely N-dealkylation sites (tertiary alicyclic amines) is 1. The lowest BCUT2D eigenvalue weighted by molar-refractivity contribution is 0.0991. The largest absolute Gasteiger partial charge is 0.508 e. The Morgan fingerprint density at radius 1 is 1.45 bits per heavy atom. The van der Waals surface area contributed by atoms with Gasteiger partial charge < -0.3 is 19.8 Å². The zero-order valence-corrected chi connectivity index (χ0v) is 11.9. The summed E-state index contributed by atoms with van der Waals surface area (Å²) in [7, 11) is 0. The van der Waals surface area contributed by atoms with Crippen LogP contribution in [-0.4, -0.2) is 40.9 Å². The quantitative estimate of drug-likeness (QED) is 0.892. The average Bonchev–Trinajstić information content (AvgIpc) is 2.85. The van der Waals surface area contributed by atoms with E-state index in [1.54, 1.807) is 17.0 Å². The lowest BCUT2D eigenvalue weighted by Crippen LogP contribution is -2.30. The van der Waals surface area contributed by atoms with Crippen LogP contribution in [0.2, 0.25) is 0 Å². The number of carbonyl (C=O) groups excluding carboxylic acids is 1. The summed E-state index contributed by atoms with van der Waals surface area (Å²) in [5, 5.41) is 19.2. The molecule has 0 saturated carbocycles. The van der Waals surface area contributed by atoms with Crippen LogP contribution in [0.3, 0.4) is 0 Å². The topological polar surface area (TPSA) is 70.0 Å². The number of benzene rings is 1. The molecule has 0 aliphatic carbocycles. The fraction of sp³-hybridized carbons (Fsp3) is 0.533. The molecular formula is C15H21NO4. The van der Waals surface area contributed by atoms with Crippen LogP contribution in [0.15, 0.2) is 18.2 Å². The van der Waals surface area contributed by atoms with Gasteiger partial charge in [0.25, 0.3) is 0 Å². The molecule has 1 aliphatic rings. The number of rotatable bonds is 3. The summed E-state index contributed by atoms with van der Waals surface area (Å²) in [6.45, 7) is 5.57. The number of amides is 1. The highest BCUT2D eigenvalue weighted by atomic mass is 16.6. The third-order valence-electron chi connectivity index (χ3n) is 3.44. The molecule has 1 aromatic carbocycles. The Kier molecular flexibility index (Phi) is 4.37. The SMILES string of the molecule is CC(C)COC(=O)N1CCC(c2ccc(O)cc2O)C1. The van der Waals surface area contributed by atoms with E-state index in [0.717, 1.165) is 12.0 Å². The second kappa shape index (κ2) is 6.03. The van der Waals surface area contributed by atoms with Gasteiger partial charge in [0.2, 0.25) is 0 Å². The van der Waals surface area contributed by atoms with Crippen molar-refractivity contribution in [1.29, 1.82) is 0 Å². The molecule has 20 heavy (non-hydrogen) atoms. The van der Waals surface area contributed by atoms with Crippen molar-refractivity contribution in [3.63, 3.8) is 0 Å². The first-order valence-corrected chi connectivity index (χ1v) is 6.91. The van der Waals surface area contributed by atoms with Gasteiger partial charge in [0, 0.05) is 25.1 Å². The summed E-state index contributed by atoms with van der Waals surface area (Å²) in [5.41, 5.74) is 0.766. The second-order valence-electron chi connectivity index (χ2n) is 5.65. The van der Waals surface area contributed by atoms with E-state index in [1.807, 2.05) is 13.8 Å². The van der Waals surface area contributed by atoms with E-state index in [4.69, 9.17) is 4.74 Å². The van der Waals surface area contributed by atoms with Gasteiger partial charge in [-0.15, -0.1) is 0 Å². The molecule has 2 rings (SSSR count). The van der Waals surface area contributed by atoms with Crippen molar-refractivity contribution in [3.05, 3.63) is 23.8 Å². The minimum atomic E-state index is -0.292. The maximum Gasteiger partial charge on any atom is 0.409 e. The molecule has 1 saturated heterocycles. The van der Waals surface area contributed by atoms with Crippen LogP contribution in [0.5, 0.6) is 11.5 Å². The van der Waals surface area contributed by atoms with Crippen molar-refractivity contribution in [2.75, 3.05) is 19.7 Å². The number of phenolic OH excluding ortho intramolecular Hbond substituents is 2. The molecule has 0 spiro atoms. The number of hydrogen-bond donors (Lipinski definition) is 2. The third kappa shape index (κ3) is 3.35. The Hall–Kier alpha value is -1.91. The molecule has 1 heterocycles.